The van der Waals surface area contributed by atoms with Gasteiger partial charge in [-0.3, -0.25) is 10.1 Å². The van der Waals surface area contributed by atoms with Crippen molar-refractivity contribution in [1.29, 1.82) is 0 Å². The molecule has 0 saturated heterocycles. The minimum atomic E-state index is -0.502. The van der Waals surface area contributed by atoms with Crippen molar-refractivity contribution in [1.82, 2.24) is 5.16 Å². The highest BCUT2D eigenvalue weighted by molar-refractivity contribution is 14.1. The Morgan fingerprint density at radius 3 is 2.59 bits per heavy atom. The highest BCUT2D eigenvalue weighted by Crippen LogP contribution is 2.35. The molecule has 0 saturated carbocycles. The lowest BCUT2D eigenvalue weighted by Crippen LogP contribution is -2.00. The van der Waals surface area contributed by atoms with Gasteiger partial charge in [-0.1, -0.05) is 41.1 Å². The van der Waals surface area contributed by atoms with Crippen molar-refractivity contribution in [3.8, 4) is 11.5 Å². The van der Waals surface area contributed by atoms with Gasteiger partial charge in [0.25, 0.3) is 0 Å². The van der Waals surface area contributed by atoms with Crippen molar-refractivity contribution in [2.75, 3.05) is 7.11 Å². The Hall–Kier alpha value is -2.88. The maximum absolute atomic E-state index is 11.2. The van der Waals surface area contributed by atoms with Crippen LogP contribution >= 0.6 is 22.6 Å². The number of benzene rings is 2. The van der Waals surface area contributed by atoms with Gasteiger partial charge in [0.2, 0.25) is 5.76 Å². The van der Waals surface area contributed by atoms with Gasteiger partial charge in [-0.2, -0.15) is 0 Å². The molecule has 0 aliphatic heterocycles. The Morgan fingerprint density at radius 1 is 1.21 bits per heavy atom. The summed E-state index contributed by atoms with van der Waals surface area (Å²) in [6.45, 7) is 3.99. The second kappa shape index (κ2) is 9.08. The van der Waals surface area contributed by atoms with E-state index >= 15 is 0 Å². The van der Waals surface area contributed by atoms with Crippen molar-refractivity contribution in [3.63, 3.8) is 0 Å². The first-order chi connectivity index (χ1) is 13.9. The molecular weight excluding hydrogens is 487 g/mol. The summed E-state index contributed by atoms with van der Waals surface area (Å²) in [5.74, 6) is 1.32. The van der Waals surface area contributed by atoms with Crippen LogP contribution < -0.4 is 9.47 Å². The summed E-state index contributed by atoms with van der Waals surface area (Å²) in [5, 5.41) is 14.8. The lowest BCUT2D eigenvalue weighted by molar-refractivity contribution is -0.386. The Morgan fingerprint density at radius 2 is 1.93 bits per heavy atom. The molecule has 2 aromatic carbocycles. The molecule has 0 amide bonds. The zero-order valence-corrected chi connectivity index (χ0v) is 18.3. The van der Waals surface area contributed by atoms with E-state index in [9.17, 15) is 10.1 Å². The second-order valence-corrected chi connectivity index (χ2v) is 7.54. The monoisotopic (exact) mass is 506 g/mol. The zero-order valence-electron chi connectivity index (χ0n) is 16.1. The van der Waals surface area contributed by atoms with Crippen molar-refractivity contribution in [2.24, 2.45) is 0 Å². The number of rotatable bonds is 7. The molecule has 0 aliphatic carbocycles. The van der Waals surface area contributed by atoms with Gasteiger partial charge in [0.05, 0.1) is 15.6 Å². The molecule has 3 aromatic rings. The molecule has 3 rings (SSSR count). The summed E-state index contributed by atoms with van der Waals surface area (Å²) in [6, 6.07) is 11.8. The Labute approximate surface area is 181 Å². The Balaban J connectivity index is 1.82. The van der Waals surface area contributed by atoms with Crippen LogP contribution in [-0.4, -0.2) is 17.2 Å². The maximum atomic E-state index is 11.2. The van der Waals surface area contributed by atoms with Gasteiger partial charge in [-0.05, 0) is 65.8 Å². The molecular formula is C21H19IN2O5. The minimum Gasteiger partial charge on any atom is -0.493 e. The largest absolute Gasteiger partial charge is 0.493 e. The molecule has 0 spiro atoms. The molecule has 8 heteroatoms. The summed E-state index contributed by atoms with van der Waals surface area (Å²) in [4.78, 5) is 10.7. The average molecular weight is 506 g/mol. The smallest absolute Gasteiger partial charge is 0.338 e. The molecule has 0 aliphatic rings. The molecule has 29 heavy (non-hydrogen) atoms. The van der Waals surface area contributed by atoms with Gasteiger partial charge in [-0.25, -0.2) is 0 Å². The number of hydrogen-bond donors (Lipinski definition) is 0. The predicted molar refractivity (Wildman–Crippen MR) is 118 cm³/mol. The van der Waals surface area contributed by atoms with Crippen LogP contribution in [-0.2, 0) is 6.61 Å². The van der Waals surface area contributed by atoms with Gasteiger partial charge in [0, 0.05) is 0 Å². The van der Waals surface area contributed by atoms with Crippen LogP contribution in [0.2, 0.25) is 0 Å². The van der Waals surface area contributed by atoms with Crippen LogP contribution in [0.4, 0.5) is 5.69 Å². The van der Waals surface area contributed by atoms with Crippen LogP contribution in [0.15, 0.2) is 40.9 Å². The van der Waals surface area contributed by atoms with Crippen LogP contribution in [0.5, 0.6) is 11.5 Å². The number of methoxy groups -OCH3 is 1. The van der Waals surface area contributed by atoms with Crippen LogP contribution in [0.25, 0.3) is 12.2 Å². The zero-order chi connectivity index (χ0) is 21.0. The average Bonchev–Trinajstić information content (AvgIpc) is 3.07. The van der Waals surface area contributed by atoms with E-state index in [0.29, 0.717) is 18.1 Å². The van der Waals surface area contributed by atoms with Gasteiger partial charge < -0.3 is 14.0 Å². The first-order valence-corrected chi connectivity index (χ1v) is 9.81. The van der Waals surface area contributed by atoms with Crippen molar-refractivity contribution in [3.05, 3.63) is 78.2 Å². The maximum Gasteiger partial charge on any atom is 0.338 e. The van der Waals surface area contributed by atoms with Gasteiger partial charge in [0.15, 0.2) is 17.2 Å². The number of nitro groups is 1. The molecule has 0 unspecified atom stereocenters. The van der Waals surface area contributed by atoms with E-state index in [1.165, 1.54) is 18.6 Å². The summed E-state index contributed by atoms with van der Waals surface area (Å²) in [7, 11) is 1.57. The number of hydrogen-bond acceptors (Lipinski definition) is 6. The van der Waals surface area contributed by atoms with Crippen LogP contribution in [0.1, 0.15) is 28.1 Å². The number of aryl methyl sites for hydroxylation is 2. The van der Waals surface area contributed by atoms with Crippen molar-refractivity contribution >= 4 is 40.4 Å². The van der Waals surface area contributed by atoms with E-state index in [0.717, 1.165) is 14.7 Å². The topological polar surface area (TPSA) is 87.6 Å². The quantitative estimate of drug-likeness (QED) is 0.237. The number of ether oxygens (including phenoxy) is 2. The summed E-state index contributed by atoms with van der Waals surface area (Å²) >= 11 is 2.18. The summed E-state index contributed by atoms with van der Waals surface area (Å²) in [5.41, 5.74) is 3.14. The first-order valence-electron chi connectivity index (χ1n) is 8.73. The number of nitrogens with zero attached hydrogens (tertiary/aromatic N) is 2. The second-order valence-electron chi connectivity index (χ2n) is 6.38. The third-order valence-corrected chi connectivity index (χ3v) is 5.02. The molecule has 7 nitrogen and oxygen atoms in total. The molecule has 0 N–H and O–H groups in total. The molecule has 1 aromatic heterocycles. The van der Waals surface area contributed by atoms with Crippen LogP contribution in [0.3, 0.4) is 0 Å². The fraction of sp³-hybridized carbons (Fsp3) is 0.190. The first kappa shape index (κ1) is 20.8. The van der Waals surface area contributed by atoms with Crippen LogP contribution in [0, 0.1) is 27.5 Å². The lowest BCUT2D eigenvalue weighted by atomic mass is 10.1. The van der Waals surface area contributed by atoms with E-state index in [2.05, 4.69) is 27.7 Å². The van der Waals surface area contributed by atoms with Gasteiger partial charge >= 0.3 is 5.69 Å². The summed E-state index contributed by atoms with van der Waals surface area (Å²) in [6.07, 6.45) is 3.23. The fourth-order valence-electron chi connectivity index (χ4n) is 2.70. The third-order valence-electron chi connectivity index (χ3n) is 4.22. The highest BCUT2D eigenvalue weighted by atomic mass is 127. The minimum absolute atomic E-state index is 0.0983. The SMILES string of the molecule is COc1cc(/C=C/c2onc(C)c2[N+](=O)[O-])cc(I)c1OCc1ccc(C)cc1. The van der Waals surface area contributed by atoms with E-state index < -0.39 is 4.92 Å². The predicted octanol–water partition coefficient (Wildman–Crippen LogP) is 5.56. The number of halogens is 1. The van der Waals surface area contributed by atoms with Gasteiger partial charge in [-0.15, -0.1) is 0 Å². The fourth-order valence-corrected chi connectivity index (χ4v) is 3.48. The molecule has 1 heterocycles. The van der Waals surface area contributed by atoms with E-state index in [4.69, 9.17) is 14.0 Å². The molecule has 0 fully saturated rings. The standard InChI is InChI=1S/C21H19IN2O5/c1-13-4-6-15(7-5-13)12-28-21-17(22)10-16(11-19(21)27-3)8-9-18-20(24(25)26)14(2)23-29-18/h4-11H,12H2,1-3H3/b9-8+. The van der Waals surface area contributed by atoms with E-state index in [1.807, 2.05) is 37.3 Å². The van der Waals surface area contributed by atoms with Gasteiger partial charge in [0.1, 0.15) is 6.61 Å². The Bertz CT molecular complexity index is 1060. The summed E-state index contributed by atoms with van der Waals surface area (Å²) < 4.78 is 17.4. The highest BCUT2D eigenvalue weighted by Gasteiger charge is 2.22. The molecule has 150 valence electrons. The third kappa shape index (κ3) is 4.94. The lowest BCUT2D eigenvalue weighted by Gasteiger charge is -2.14. The van der Waals surface area contributed by atoms with E-state index in [1.54, 1.807) is 19.3 Å². The van der Waals surface area contributed by atoms with E-state index in [-0.39, 0.29) is 17.1 Å². The molecule has 0 atom stereocenters. The Kier molecular flexibility index (Phi) is 6.53. The molecule has 0 bridgehead atoms. The van der Waals surface area contributed by atoms with Crippen molar-refractivity contribution in [2.45, 2.75) is 20.5 Å². The molecule has 0 radical (unpaired) electrons. The normalized spacial score (nSPS) is 11.0. The van der Waals surface area contributed by atoms with Crippen molar-refractivity contribution < 1.29 is 18.9 Å². The number of aromatic nitrogens is 1.